The average molecular weight is 1590 g/mol. The second-order valence-electron chi connectivity index (χ2n) is 22.1. The van der Waals surface area contributed by atoms with Gasteiger partial charge in [0.15, 0.2) is 47.8 Å². The van der Waals surface area contributed by atoms with Crippen LogP contribution in [0.3, 0.4) is 0 Å². The van der Waals surface area contributed by atoms with Gasteiger partial charge in [-0.1, -0.05) is 0 Å². The van der Waals surface area contributed by atoms with Gasteiger partial charge in [0.25, 0.3) is 0 Å². The van der Waals surface area contributed by atoms with E-state index in [4.69, 9.17) is 95.8 Å². The molecule has 0 spiro atoms. The van der Waals surface area contributed by atoms with Gasteiger partial charge in [0.2, 0.25) is 11.5 Å². The number of nitriles is 2. The third-order valence-electron chi connectivity index (χ3n) is 13.6. The van der Waals surface area contributed by atoms with Gasteiger partial charge in [0.05, 0.1) is 145 Å². The van der Waals surface area contributed by atoms with E-state index in [1.165, 1.54) is 113 Å². The van der Waals surface area contributed by atoms with Crippen LogP contribution in [0.25, 0.3) is 32.3 Å². The SMILES string of the molecule is CC#N.CC#N.COc1cc(C(=O)OCc2cc3cc(c2)OCCOCCOCCOCCOc2cc(COC(=O)c4cc(OC)c(OC)c(OC)c4)cc(c2)OCCOCCOCCOCCO3)cc(OC)c1OC.C[n+]1cc2ccc3c[n+](C)cc4ccc(c1)c2c34.F[P-](F)(F)(F)(F)F.F[P-](F)(F)(F)(F)F. The van der Waals surface area contributed by atoms with E-state index < -0.39 is 27.6 Å². The van der Waals surface area contributed by atoms with Crippen LogP contribution in [0.1, 0.15) is 45.7 Å². The second-order valence-corrected chi connectivity index (χ2v) is 26.0. The van der Waals surface area contributed by atoms with Gasteiger partial charge in [-0.3, -0.25) is 0 Å². The second kappa shape index (κ2) is 41.1. The first kappa shape index (κ1) is 90.7. The number of aryl methyl sites for hydroxylation is 2. The molecule has 0 amide bonds. The molecule has 0 fully saturated rings. The minimum atomic E-state index is -10.7. The molecule has 6 aromatic carbocycles. The number of carbonyl (C=O) groups excluding carboxylic acids is 2. The molecule has 1 aliphatic rings. The molecule has 24 nitrogen and oxygen atoms in total. The zero-order valence-electron chi connectivity index (χ0n) is 60.5. The summed E-state index contributed by atoms with van der Waals surface area (Å²) in [6, 6.07) is 29.0. The predicted octanol–water partition coefficient (Wildman–Crippen LogP) is 15.8. The summed E-state index contributed by atoms with van der Waals surface area (Å²) in [5, 5.41) is 22.6. The fourth-order valence-corrected chi connectivity index (χ4v) is 9.57. The maximum atomic E-state index is 13.1. The van der Waals surface area contributed by atoms with Gasteiger partial charge in [-0.25, -0.2) is 18.7 Å². The molecular weight excluding hydrogens is 1510 g/mol. The molecule has 0 atom stereocenters. The zero-order chi connectivity index (χ0) is 80.3. The molecule has 0 unspecified atom stereocenters. The van der Waals surface area contributed by atoms with E-state index in [-0.39, 0.29) is 50.8 Å². The number of pyridine rings is 2. The van der Waals surface area contributed by atoms with Crippen molar-refractivity contribution in [1.82, 2.24) is 0 Å². The molecular formula is C70H84F12N4O20P2. The molecule has 108 heavy (non-hydrogen) atoms. The van der Waals surface area contributed by atoms with E-state index in [0.717, 1.165) is 0 Å². The third kappa shape index (κ3) is 36.8. The number of carbonyl (C=O) groups is 2. The summed E-state index contributed by atoms with van der Waals surface area (Å²) < 4.78 is 224. The molecule has 0 aliphatic carbocycles. The Kier molecular flexibility index (Phi) is 34.5. The fraction of sp³-hybridized carbons (Fsp3) is 0.400. The molecule has 598 valence electrons. The number of ether oxygens (including phenoxy) is 18. The van der Waals surface area contributed by atoms with Crippen LogP contribution in [0.5, 0.6) is 57.5 Å². The van der Waals surface area contributed by atoms with Crippen molar-refractivity contribution in [2.45, 2.75) is 27.1 Å². The summed E-state index contributed by atoms with van der Waals surface area (Å²) in [7, 11) is -8.33. The number of hydrogen-bond acceptors (Lipinski definition) is 22. The topological polar surface area (TPSA) is 256 Å². The molecule has 1 aliphatic heterocycles. The number of nitrogens with zero attached hydrogens (tertiary/aromatic N) is 4. The van der Waals surface area contributed by atoms with Crippen LogP contribution in [0, 0.1) is 22.7 Å². The number of esters is 2. The van der Waals surface area contributed by atoms with Gasteiger partial charge in [-0.2, -0.15) is 10.5 Å². The average Bonchev–Trinajstić information content (AvgIpc) is 0.738. The number of fused-ring (bicyclic) bond motifs is 4. The van der Waals surface area contributed by atoms with Crippen LogP contribution in [0.2, 0.25) is 0 Å². The zero-order valence-corrected chi connectivity index (χ0v) is 62.3. The number of aromatic nitrogens is 2. The Bertz CT molecular complexity index is 3810. The van der Waals surface area contributed by atoms with Gasteiger partial charge >= 0.3 is 77.9 Å². The first-order valence-corrected chi connectivity index (χ1v) is 36.2. The minimum absolute atomic E-state index is 0.0756. The van der Waals surface area contributed by atoms with Gasteiger partial charge < -0.3 is 85.3 Å². The molecule has 2 aromatic heterocycles. The molecule has 0 saturated heterocycles. The van der Waals surface area contributed by atoms with E-state index in [1.54, 1.807) is 48.5 Å². The molecule has 0 N–H and O–H groups in total. The summed E-state index contributed by atoms with van der Waals surface area (Å²) >= 11 is 0. The third-order valence-corrected chi connectivity index (χ3v) is 13.6. The van der Waals surface area contributed by atoms with Crippen molar-refractivity contribution in [1.29, 1.82) is 10.5 Å². The first-order chi connectivity index (χ1) is 50.7. The van der Waals surface area contributed by atoms with E-state index in [2.05, 4.69) is 72.3 Å². The van der Waals surface area contributed by atoms with E-state index in [1.807, 2.05) is 0 Å². The molecule has 8 aromatic rings. The Morgan fingerprint density at radius 2 is 0.574 bits per heavy atom. The summed E-state index contributed by atoms with van der Waals surface area (Å²) in [6.45, 7) is 7.59. The summed E-state index contributed by atoms with van der Waals surface area (Å²) in [6.07, 6.45) is 8.75. The summed E-state index contributed by atoms with van der Waals surface area (Å²) in [5.41, 5.74) is 1.70. The van der Waals surface area contributed by atoms with Crippen LogP contribution in [0.4, 0.5) is 50.4 Å². The van der Waals surface area contributed by atoms with Crippen LogP contribution >= 0.6 is 15.6 Å². The Morgan fingerprint density at radius 3 is 0.769 bits per heavy atom. The van der Waals surface area contributed by atoms with Crippen molar-refractivity contribution in [3.63, 3.8) is 0 Å². The van der Waals surface area contributed by atoms with Gasteiger partial charge in [0.1, 0.15) is 76.7 Å². The number of hydrogen-bond donors (Lipinski definition) is 0. The molecule has 0 saturated carbocycles. The molecule has 0 radical (unpaired) electrons. The van der Waals surface area contributed by atoms with Crippen molar-refractivity contribution < 1.29 is 154 Å². The van der Waals surface area contributed by atoms with Crippen LogP contribution in [0.15, 0.2) is 110 Å². The number of halogens is 12. The Morgan fingerprint density at radius 1 is 0.370 bits per heavy atom. The standard InChI is InChI=1S/C50H64O20.C16H14N2.2C2H3N.2F6P/c1-53-43-27-37(28-44(54-2)47(43)57-5)49(51)69-33-35-23-39-31-40(24-35)66-20-16-62-12-8-60-10-14-64-18-22-68-42-26-36(34-70-50(52)38-29-45(55-3)48(58-6)46(30-38)56-4)25-41(32-42)67-21-17-63-13-9-59-7-11-61-15-19-65-39;1-17-7-11-3-5-13-9-18(2)10-14-6-4-12(8-17)15(11)16(13)14;2*1-2-3;2*1-7(2,3,4,5)6/h23-32H,7-22,33-34H2,1-6H3;3-10H,1-2H3;2*1H3;;/q;+2;;;2*-1. The maximum absolute atomic E-state index is 13.1. The molecule has 3 heterocycles. The van der Waals surface area contributed by atoms with E-state index in [0.29, 0.717) is 148 Å². The van der Waals surface area contributed by atoms with Gasteiger partial charge in [-0.05, 0) is 83.9 Å². The predicted molar refractivity (Wildman–Crippen MR) is 372 cm³/mol. The van der Waals surface area contributed by atoms with E-state index >= 15 is 0 Å². The fourth-order valence-electron chi connectivity index (χ4n) is 9.57. The Labute approximate surface area is 613 Å². The van der Waals surface area contributed by atoms with Crippen LogP contribution < -0.4 is 56.5 Å². The van der Waals surface area contributed by atoms with Crippen LogP contribution in [-0.2, 0) is 65.2 Å². The number of rotatable bonds is 12. The summed E-state index contributed by atoms with van der Waals surface area (Å²) in [4.78, 5) is 26.3. The van der Waals surface area contributed by atoms with Crippen molar-refractivity contribution in [2.75, 3.05) is 148 Å². The molecule has 4 bridgehead atoms. The van der Waals surface area contributed by atoms with Crippen molar-refractivity contribution in [2.24, 2.45) is 14.1 Å². The summed E-state index contributed by atoms with van der Waals surface area (Å²) in [5.74, 6) is 2.79. The van der Waals surface area contributed by atoms with E-state index in [9.17, 15) is 60.0 Å². The first-order valence-electron chi connectivity index (χ1n) is 32.1. The number of methoxy groups -OCH3 is 6. The van der Waals surface area contributed by atoms with Gasteiger partial charge in [-0.15, -0.1) is 0 Å². The van der Waals surface area contributed by atoms with Crippen molar-refractivity contribution in [3.05, 3.63) is 132 Å². The molecule has 9 rings (SSSR count). The quantitative estimate of drug-likeness (QED) is 0.0362. The normalized spacial score (nSPS) is 15.0. The Balaban J connectivity index is 0.000000519. The van der Waals surface area contributed by atoms with Crippen LogP contribution in [-0.4, -0.2) is 160 Å². The Hall–Kier alpha value is -9.64. The van der Waals surface area contributed by atoms with Crippen molar-refractivity contribution in [3.8, 4) is 69.6 Å². The van der Waals surface area contributed by atoms with Gasteiger partial charge in [0, 0.05) is 58.3 Å². The molecule has 38 heteroatoms. The number of benzene rings is 6. The van der Waals surface area contributed by atoms with Crippen molar-refractivity contribution >= 4 is 59.9 Å². The monoisotopic (exact) mass is 1590 g/mol.